The van der Waals surface area contributed by atoms with Crippen LogP contribution in [0.1, 0.15) is 37.9 Å². The molecule has 11 nitrogen and oxygen atoms in total. The number of aromatic nitrogens is 2. The number of nitrogens with one attached hydrogen (secondary N) is 1. The summed E-state index contributed by atoms with van der Waals surface area (Å²) in [5.74, 6) is -0.481. The maximum Gasteiger partial charge on any atom is 0.417 e. The molecule has 1 atom stereocenters. The number of hydrogen-bond acceptors (Lipinski definition) is 7. The fraction of sp³-hybridized carbons (Fsp3) is 0.308. The van der Waals surface area contributed by atoms with Gasteiger partial charge in [-0.1, -0.05) is 30.3 Å². The highest BCUT2D eigenvalue weighted by molar-refractivity contribution is 7.89. The molecule has 0 aliphatic carbocycles. The number of hydrogen-bond donors (Lipinski definition) is 1. The lowest BCUT2D eigenvalue weighted by Gasteiger charge is -2.27. The van der Waals surface area contributed by atoms with Crippen LogP contribution in [0.2, 0.25) is 0 Å². The minimum absolute atomic E-state index is 0.0178. The standard InChI is InChI=1S/C26H28N6O5S/c1-26(2,3)37-25(34)32-22(18-7-5-4-6-8-18)16-31(23(32)27)38(35,36)20-9-10-21-19(15-20)11-13-30(21)24(33)29-14-12-28-17-29/h4-10,12,14-15,17,22,27H,11,13,16H2,1-3H3/t22-/m1/s1. The number of fused-ring (bicyclic) bond motifs is 1. The molecule has 1 aromatic heterocycles. The Kier molecular flexibility index (Phi) is 6.22. The van der Waals surface area contributed by atoms with Gasteiger partial charge >= 0.3 is 12.1 Å². The summed E-state index contributed by atoms with van der Waals surface area (Å²) in [6.07, 6.45) is 4.17. The van der Waals surface area contributed by atoms with Crippen LogP contribution in [0, 0.1) is 5.41 Å². The number of guanidine groups is 1. The van der Waals surface area contributed by atoms with Crippen LogP contribution in [0.15, 0.2) is 72.1 Å². The molecule has 1 N–H and O–H groups in total. The molecule has 0 spiro atoms. The van der Waals surface area contributed by atoms with E-state index in [-0.39, 0.29) is 17.5 Å². The maximum atomic E-state index is 13.8. The predicted octanol–water partition coefficient (Wildman–Crippen LogP) is 3.83. The van der Waals surface area contributed by atoms with Crippen LogP contribution in [0.4, 0.5) is 15.3 Å². The van der Waals surface area contributed by atoms with Crippen LogP contribution in [0.25, 0.3) is 0 Å². The van der Waals surface area contributed by atoms with E-state index in [2.05, 4.69) is 4.98 Å². The van der Waals surface area contributed by atoms with E-state index in [1.54, 1.807) is 62.2 Å². The van der Waals surface area contributed by atoms with E-state index in [1.807, 2.05) is 6.07 Å². The maximum absolute atomic E-state index is 13.8. The second-order valence-electron chi connectivity index (χ2n) is 10.1. The quantitative estimate of drug-likeness (QED) is 0.542. The second-order valence-corrected chi connectivity index (χ2v) is 11.9. The van der Waals surface area contributed by atoms with E-state index in [1.165, 1.54) is 29.2 Å². The highest BCUT2D eigenvalue weighted by atomic mass is 32.2. The summed E-state index contributed by atoms with van der Waals surface area (Å²) >= 11 is 0. The molecular weight excluding hydrogens is 508 g/mol. The van der Waals surface area contributed by atoms with E-state index < -0.39 is 33.7 Å². The third-order valence-corrected chi connectivity index (χ3v) is 8.13. The molecule has 0 bridgehead atoms. The molecule has 38 heavy (non-hydrogen) atoms. The normalized spacial score (nSPS) is 17.6. The van der Waals surface area contributed by atoms with Gasteiger partial charge in [0.15, 0.2) is 0 Å². The van der Waals surface area contributed by atoms with Crippen molar-refractivity contribution in [3.63, 3.8) is 0 Å². The first kappa shape index (κ1) is 25.5. The molecule has 3 heterocycles. The zero-order chi connectivity index (χ0) is 27.2. The monoisotopic (exact) mass is 536 g/mol. The summed E-state index contributed by atoms with van der Waals surface area (Å²) in [4.78, 5) is 32.5. The summed E-state index contributed by atoms with van der Waals surface area (Å²) in [6.45, 7) is 5.40. The summed E-state index contributed by atoms with van der Waals surface area (Å²) in [5.41, 5.74) is 1.18. The number of nitrogens with zero attached hydrogens (tertiary/aromatic N) is 5. The topological polar surface area (TPSA) is 129 Å². The zero-order valence-corrected chi connectivity index (χ0v) is 22.1. The lowest BCUT2D eigenvalue weighted by molar-refractivity contribution is 0.0333. The van der Waals surface area contributed by atoms with Crippen molar-refractivity contribution in [2.24, 2.45) is 0 Å². The largest absolute Gasteiger partial charge is 0.443 e. The summed E-state index contributed by atoms with van der Waals surface area (Å²) in [7, 11) is -4.20. The minimum atomic E-state index is -4.20. The number of amides is 2. The predicted molar refractivity (Wildman–Crippen MR) is 139 cm³/mol. The molecule has 1 saturated heterocycles. The highest BCUT2D eigenvalue weighted by Crippen LogP contribution is 2.36. The second kappa shape index (κ2) is 9.28. The Balaban J connectivity index is 1.46. The third-order valence-electron chi connectivity index (χ3n) is 6.38. The van der Waals surface area contributed by atoms with Gasteiger partial charge in [-0.05, 0) is 56.5 Å². The van der Waals surface area contributed by atoms with Crippen LogP contribution < -0.4 is 4.90 Å². The van der Waals surface area contributed by atoms with Gasteiger partial charge in [-0.3, -0.25) is 14.9 Å². The van der Waals surface area contributed by atoms with Gasteiger partial charge in [0.05, 0.1) is 17.5 Å². The molecule has 198 valence electrons. The van der Waals surface area contributed by atoms with Gasteiger partial charge in [0.1, 0.15) is 11.9 Å². The average Bonchev–Trinajstić information content (AvgIpc) is 3.61. The molecular formula is C26H28N6O5S. The van der Waals surface area contributed by atoms with E-state index in [9.17, 15) is 18.0 Å². The SMILES string of the molecule is CC(C)(C)OC(=O)N1C(=N)N(S(=O)(=O)c2ccc3c(c2)CCN3C(=O)n2ccnc2)C[C@@H]1c1ccccc1. The number of carbonyl (C=O) groups excluding carboxylic acids is 2. The molecule has 0 radical (unpaired) electrons. The van der Waals surface area contributed by atoms with Crippen LogP contribution >= 0.6 is 0 Å². The van der Waals surface area contributed by atoms with Gasteiger partial charge in [0, 0.05) is 24.6 Å². The van der Waals surface area contributed by atoms with Crippen LogP contribution in [0.3, 0.4) is 0 Å². The number of carbonyl (C=O) groups is 2. The third kappa shape index (κ3) is 4.51. The van der Waals surface area contributed by atoms with Gasteiger partial charge in [-0.25, -0.2) is 32.2 Å². The smallest absolute Gasteiger partial charge is 0.417 e. The van der Waals surface area contributed by atoms with E-state index in [4.69, 9.17) is 10.1 Å². The molecule has 2 aliphatic heterocycles. The van der Waals surface area contributed by atoms with E-state index in [0.717, 1.165) is 9.21 Å². The number of ether oxygens (including phenoxy) is 1. The summed E-state index contributed by atoms with van der Waals surface area (Å²) < 4.78 is 35.4. The molecule has 1 fully saturated rings. The number of anilines is 1. The van der Waals surface area contributed by atoms with Crippen molar-refractivity contribution in [3.05, 3.63) is 78.4 Å². The molecule has 2 aliphatic rings. The fourth-order valence-electron chi connectivity index (χ4n) is 4.64. The lowest BCUT2D eigenvalue weighted by Crippen LogP contribution is -2.42. The lowest BCUT2D eigenvalue weighted by atomic mass is 10.1. The Morgan fingerprint density at radius 2 is 1.84 bits per heavy atom. The number of sulfonamides is 1. The van der Waals surface area contributed by atoms with Crippen molar-refractivity contribution < 1.29 is 22.7 Å². The van der Waals surface area contributed by atoms with Crippen molar-refractivity contribution in [1.29, 1.82) is 5.41 Å². The minimum Gasteiger partial charge on any atom is -0.443 e. The number of imidazole rings is 1. The molecule has 0 saturated carbocycles. The molecule has 3 aromatic rings. The van der Waals surface area contributed by atoms with Crippen molar-refractivity contribution in [2.45, 2.75) is 43.7 Å². The Bertz CT molecular complexity index is 1500. The fourth-order valence-corrected chi connectivity index (χ4v) is 6.07. The average molecular weight is 537 g/mol. The number of benzene rings is 2. The molecule has 2 aromatic carbocycles. The van der Waals surface area contributed by atoms with E-state index >= 15 is 0 Å². The Morgan fingerprint density at radius 1 is 1.11 bits per heavy atom. The molecule has 12 heteroatoms. The van der Waals surface area contributed by atoms with Gasteiger partial charge in [0.25, 0.3) is 10.0 Å². The van der Waals surface area contributed by atoms with Crippen LogP contribution in [-0.4, -0.2) is 63.9 Å². The first-order valence-electron chi connectivity index (χ1n) is 12.1. The van der Waals surface area contributed by atoms with Crippen molar-refractivity contribution in [2.75, 3.05) is 18.0 Å². The van der Waals surface area contributed by atoms with Gasteiger partial charge in [-0.2, -0.15) is 0 Å². The highest BCUT2D eigenvalue weighted by Gasteiger charge is 2.47. The molecule has 2 amide bonds. The molecule has 0 unspecified atom stereocenters. The van der Waals surface area contributed by atoms with Crippen molar-refractivity contribution >= 4 is 33.8 Å². The van der Waals surface area contributed by atoms with Crippen LogP contribution in [0.5, 0.6) is 0 Å². The first-order chi connectivity index (χ1) is 18.0. The van der Waals surface area contributed by atoms with Gasteiger partial charge in [0.2, 0.25) is 5.96 Å². The summed E-state index contributed by atoms with van der Waals surface area (Å²) in [6, 6.07) is 12.5. The zero-order valence-electron chi connectivity index (χ0n) is 21.2. The molecule has 5 rings (SSSR count). The Labute approximate surface area is 220 Å². The van der Waals surface area contributed by atoms with Crippen LogP contribution in [-0.2, 0) is 21.2 Å². The Hall–Kier alpha value is -4.19. The van der Waals surface area contributed by atoms with Gasteiger partial charge in [-0.15, -0.1) is 0 Å². The van der Waals surface area contributed by atoms with E-state index in [0.29, 0.717) is 29.8 Å². The first-order valence-corrected chi connectivity index (χ1v) is 13.5. The number of rotatable bonds is 3. The van der Waals surface area contributed by atoms with Gasteiger partial charge < -0.3 is 4.74 Å². The van der Waals surface area contributed by atoms with Crippen molar-refractivity contribution in [3.8, 4) is 0 Å². The van der Waals surface area contributed by atoms with Crippen molar-refractivity contribution in [1.82, 2.24) is 18.8 Å². The summed E-state index contributed by atoms with van der Waals surface area (Å²) in [5, 5.41) is 8.72. The Morgan fingerprint density at radius 3 is 2.50 bits per heavy atom.